The highest BCUT2D eigenvalue weighted by Crippen LogP contribution is 2.35. The van der Waals surface area contributed by atoms with Crippen molar-refractivity contribution >= 4 is 37.6 Å². The maximum atomic E-state index is 13.8. The summed E-state index contributed by atoms with van der Waals surface area (Å²) >= 11 is 6.77. The Hall–Kier alpha value is -2.35. The Balaban J connectivity index is 1.77. The van der Waals surface area contributed by atoms with Crippen LogP contribution in [0.25, 0.3) is 5.70 Å². The summed E-state index contributed by atoms with van der Waals surface area (Å²) < 4.78 is 20.8. The Morgan fingerprint density at radius 2 is 1.87 bits per heavy atom. The third-order valence-corrected chi connectivity index (χ3v) is 6.34. The van der Waals surface area contributed by atoms with Crippen molar-refractivity contribution < 1.29 is 19.6 Å². The molecule has 0 bridgehead atoms. The molecule has 0 saturated carbocycles. The van der Waals surface area contributed by atoms with Crippen LogP contribution >= 0.6 is 31.9 Å². The van der Waals surface area contributed by atoms with Gasteiger partial charge in [-0.3, -0.25) is 0 Å². The van der Waals surface area contributed by atoms with E-state index in [1.807, 2.05) is 43.3 Å². The molecule has 4 N–H and O–H groups in total. The predicted octanol–water partition coefficient (Wildman–Crippen LogP) is 5.40. The maximum Gasteiger partial charge on any atom is 0.186 e. The van der Waals surface area contributed by atoms with E-state index in [9.17, 15) is 9.50 Å². The molecule has 3 aromatic carbocycles. The quantitative estimate of drug-likeness (QED) is 0.400. The molecule has 3 aromatic rings. The van der Waals surface area contributed by atoms with Gasteiger partial charge in [-0.05, 0) is 70.9 Å². The van der Waals surface area contributed by atoms with Gasteiger partial charge in [-0.25, -0.2) is 4.39 Å². The van der Waals surface area contributed by atoms with Gasteiger partial charge in [0.05, 0.1) is 16.6 Å². The van der Waals surface area contributed by atoms with Crippen LogP contribution in [-0.2, 0) is 0 Å². The number of hydrogen-bond donors (Lipinski definition) is 3. The Labute approximate surface area is 197 Å². The largest absolute Gasteiger partial charge is 0.504 e. The SMILES string of the molecule is CCOc1cccc(C2C=C(c3ccc(Br)cc3)NC(c3ccc(F)c(Br)c3)[NH2+]2)c1O. The minimum Gasteiger partial charge on any atom is -0.504 e. The van der Waals surface area contributed by atoms with Crippen LogP contribution < -0.4 is 15.4 Å². The van der Waals surface area contributed by atoms with Crippen molar-refractivity contribution in [1.82, 2.24) is 5.32 Å². The molecule has 0 aromatic heterocycles. The number of quaternary nitrogens is 1. The number of benzene rings is 3. The van der Waals surface area contributed by atoms with Crippen molar-refractivity contribution in [2.24, 2.45) is 0 Å². The summed E-state index contributed by atoms with van der Waals surface area (Å²) in [4.78, 5) is 0. The van der Waals surface area contributed by atoms with E-state index in [0.717, 1.165) is 26.9 Å². The standard InChI is InChI=1S/C24H21Br2FN2O2/c1-2-31-22-5-3-4-17(23(22)30)21-13-20(14-6-9-16(25)10-7-14)28-24(29-21)15-8-11-19(27)18(26)12-15/h3-13,21,24,28-30H,2H2,1H3/p+1. The first-order valence-electron chi connectivity index (χ1n) is 9.95. The molecule has 2 atom stereocenters. The number of aromatic hydroxyl groups is 1. The zero-order valence-electron chi connectivity index (χ0n) is 16.8. The third kappa shape index (κ3) is 4.79. The summed E-state index contributed by atoms with van der Waals surface area (Å²) in [5, 5.41) is 16.5. The second-order valence-corrected chi connectivity index (χ2v) is 9.00. The first kappa shape index (κ1) is 21.9. The highest BCUT2D eigenvalue weighted by Gasteiger charge is 2.30. The van der Waals surface area contributed by atoms with Gasteiger partial charge >= 0.3 is 0 Å². The first-order valence-corrected chi connectivity index (χ1v) is 11.5. The van der Waals surface area contributed by atoms with Gasteiger partial charge in [0, 0.05) is 21.8 Å². The Morgan fingerprint density at radius 3 is 2.58 bits per heavy atom. The molecule has 1 aliphatic rings. The molecule has 31 heavy (non-hydrogen) atoms. The van der Waals surface area contributed by atoms with Crippen LogP contribution in [-0.4, -0.2) is 11.7 Å². The highest BCUT2D eigenvalue weighted by atomic mass is 79.9. The van der Waals surface area contributed by atoms with Gasteiger partial charge in [0.25, 0.3) is 0 Å². The lowest BCUT2D eigenvalue weighted by Crippen LogP contribution is -2.89. The van der Waals surface area contributed by atoms with Crippen LogP contribution in [0.3, 0.4) is 0 Å². The normalized spacial score (nSPS) is 18.3. The number of para-hydroxylation sites is 1. The molecule has 0 fully saturated rings. The van der Waals surface area contributed by atoms with Gasteiger partial charge in [0.2, 0.25) is 0 Å². The molecule has 0 spiro atoms. The van der Waals surface area contributed by atoms with Crippen LogP contribution in [0, 0.1) is 5.82 Å². The van der Waals surface area contributed by atoms with E-state index in [1.165, 1.54) is 6.07 Å². The number of rotatable bonds is 5. The highest BCUT2D eigenvalue weighted by molar-refractivity contribution is 9.10. The van der Waals surface area contributed by atoms with Gasteiger partial charge in [-0.1, -0.05) is 34.1 Å². The van der Waals surface area contributed by atoms with Crippen molar-refractivity contribution in [1.29, 1.82) is 0 Å². The van der Waals surface area contributed by atoms with Crippen LogP contribution in [0.2, 0.25) is 0 Å². The van der Waals surface area contributed by atoms with Crippen molar-refractivity contribution in [3.63, 3.8) is 0 Å². The third-order valence-electron chi connectivity index (χ3n) is 5.20. The molecule has 4 nitrogen and oxygen atoms in total. The Kier molecular flexibility index (Phi) is 6.65. The van der Waals surface area contributed by atoms with Gasteiger partial charge in [0.15, 0.2) is 17.7 Å². The number of halogens is 3. The molecule has 0 amide bonds. The van der Waals surface area contributed by atoms with Crippen molar-refractivity contribution in [2.45, 2.75) is 19.1 Å². The fourth-order valence-corrected chi connectivity index (χ4v) is 4.35. The lowest BCUT2D eigenvalue weighted by atomic mass is 9.97. The van der Waals surface area contributed by atoms with E-state index < -0.39 is 0 Å². The van der Waals surface area contributed by atoms with Gasteiger partial charge < -0.3 is 20.5 Å². The average molecular weight is 549 g/mol. The minimum absolute atomic E-state index is 0.137. The molecule has 1 heterocycles. The zero-order chi connectivity index (χ0) is 22.0. The lowest BCUT2D eigenvalue weighted by Gasteiger charge is -2.30. The fraction of sp³-hybridized carbons (Fsp3) is 0.167. The van der Waals surface area contributed by atoms with Crippen LogP contribution in [0.15, 0.2) is 75.7 Å². The molecule has 4 rings (SSSR count). The van der Waals surface area contributed by atoms with E-state index in [0.29, 0.717) is 16.8 Å². The summed E-state index contributed by atoms with van der Waals surface area (Å²) in [6, 6.07) is 18.4. The van der Waals surface area contributed by atoms with E-state index >= 15 is 0 Å². The van der Waals surface area contributed by atoms with E-state index in [2.05, 4.69) is 48.6 Å². The number of nitrogens with one attached hydrogen (secondary N) is 1. The summed E-state index contributed by atoms with van der Waals surface area (Å²) in [7, 11) is 0. The lowest BCUT2D eigenvalue weighted by molar-refractivity contribution is -0.731. The van der Waals surface area contributed by atoms with Gasteiger partial charge in [-0.2, -0.15) is 0 Å². The number of ether oxygens (including phenoxy) is 1. The predicted molar refractivity (Wildman–Crippen MR) is 126 cm³/mol. The smallest absolute Gasteiger partial charge is 0.186 e. The zero-order valence-corrected chi connectivity index (χ0v) is 20.0. The molecule has 2 unspecified atom stereocenters. The summed E-state index contributed by atoms with van der Waals surface area (Å²) in [6.07, 6.45) is 1.91. The molecular formula is C24H22Br2FN2O2+. The van der Waals surface area contributed by atoms with Crippen molar-refractivity contribution in [3.05, 3.63) is 98.2 Å². The maximum absolute atomic E-state index is 13.8. The van der Waals surface area contributed by atoms with Gasteiger partial charge in [0.1, 0.15) is 11.9 Å². The number of phenols is 1. The number of hydrogen-bond acceptors (Lipinski definition) is 3. The van der Waals surface area contributed by atoms with Crippen molar-refractivity contribution in [2.75, 3.05) is 6.61 Å². The summed E-state index contributed by atoms with van der Waals surface area (Å²) in [6.45, 7) is 2.36. The monoisotopic (exact) mass is 547 g/mol. The summed E-state index contributed by atoms with van der Waals surface area (Å²) in [5.74, 6) is 0.298. The fourth-order valence-electron chi connectivity index (χ4n) is 3.69. The first-order chi connectivity index (χ1) is 15.0. The second kappa shape index (κ2) is 9.42. The second-order valence-electron chi connectivity index (χ2n) is 7.23. The average Bonchev–Trinajstić information content (AvgIpc) is 2.77. The Bertz CT molecular complexity index is 1120. The van der Waals surface area contributed by atoms with Gasteiger partial charge in [-0.15, -0.1) is 0 Å². The van der Waals surface area contributed by atoms with E-state index in [1.54, 1.807) is 18.2 Å². The number of phenolic OH excluding ortho intramolecular Hbond substituents is 1. The number of nitrogens with two attached hydrogens (primary N) is 1. The molecule has 0 saturated heterocycles. The van der Waals surface area contributed by atoms with Crippen LogP contribution in [0.1, 0.15) is 35.8 Å². The molecule has 7 heteroatoms. The molecule has 0 radical (unpaired) electrons. The molecule has 1 aliphatic heterocycles. The Morgan fingerprint density at radius 1 is 1.10 bits per heavy atom. The van der Waals surface area contributed by atoms with Crippen molar-refractivity contribution in [3.8, 4) is 11.5 Å². The summed E-state index contributed by atoms with van der Waals surface area (Å²) in [5.41, 5.74) is 3.63. The van der Waals surface area contributed by atoms with E-state index in [-0.39, 0.29) is 23.8 Å². The van der Waals surface area contributed by atoms with E-state index in [4.69, 9.17) is 4.74 Å². The molecule has 0 aliphatic carbocycles. The molecular weight excluding hydrogens is 527 g/mol. The topological polar surface area (TPSA) is 58.1 Å². The van der Waals surface area contributed by atoms with Crippen LogP contribution in [0.5, 0.6) is 11.5 Å². The van der Waals surface area contributed by atoms with Crippen LogP contribution in [0.4, 0.5) is 4.39 Å². The molecule has 160 valence electrons. The minimum atomic E-state index is -0.304.